The van der Waals surface area contributed by atoms with Crippen molar-refractivity contribution >= 4 is 17.8 Å². The monoisotopic (exact) mass is 435 g/mol. The second-order valence-corrected chi connectivity index (χ2v) is 8.63. The van der Waals surface area contributed by atoms with Crippen LogP contribution >= 0.6 is 0 Å². The third-order valence-electron chi connectivity index (χ3n) is 6.72. The molecule has 3 aliphatic rings. The van der Waals surface area contributed by atoms with Crippen LogP contribution in [0.25, 0.3) is 0 Å². The molecule has 0 bridgehead atoms. The van der Waals surface area contributed by atoms with E-state index in [-0.39, 0.29) is 25.3 Å². The van der Waals surface area contributed by atoms with Crippen molar-refractivity contribution in [3.8, 4) is 11.5 Å². The van der Waals surface area contributed by atoms with E-state index in [2.05, 4.69) is 11.4 Å². The Labute approximate surface area is 186 Å². The Bertz CT molecular complexity index is 1120. The molecule has 4 amide bonds. The van der Waals surface area contributed by atoms with E-state index in [9.17, 15) is 14.4 Å². The first kappa shape index (κ1) is 20.4. The van der Waals surface area contributed by atoms with Gasteiger partial charge in [0.05, 0.1) is 6.04 Å². The van der Waals surface area contributed by atoms with Crippen LogP contribution in [-0.4, -0.2) is 48.0 Å². The summed E-state index contributed by atoms with van der Waals surface area (Å²) >= 11 is 0. The standard InChI is InChI=1S/C24H25N3O5/c1-24(16-10-11-19-20(12-16)32-14-31-19)22(29)27(23(30)25-24)13-21(28)26(2)18-9-5-7-15-6-3-4-8-17(15)18/h3-4,6,8,10-12,18H,5,7,9,13-14H2,1-2H3,(H,25,30). The number of nitrogens with one attached hydrogen (secondary N) is 1. The lowest BCUT2D eigenvalue weighted by atomic mass is 9.87. The Morgan fingerprint density at radius 1 is 1.19 bits per heavy atom. The maximum absolute atomic E-state index is 13.3. The Kier molecular flexibility index (Phi) is 4.80. The minimum Gasteiger partial charge on any atom is -0.454 e. The number of imide groups is 1. The summed E-state index contributed by atoms with van der Waals surface area (Å²) < 4.78 is 10.7. The number of aryl methyl sites for hydroxylation is 1. The van der Waals surface area contributed by atoms with Gasteiger partial charge in [0.15, 0.2) is 11.5 Å². The molecule has 32 heavy (non-hydrogen) atoms. The average Bonchev–Trinajstić information content (AvgIpc) is 3.36. The van der Waals surface area contributed by atoms with E-state index in [4.69, 9.17) is 9.47 Å². The fraction of sp³-hybridized carbons (Fsp3) is 0.375. The maximum atomic E-state index is 13.3. The minimum atomic E-state index is -1.28. The Balaban J connectivity index is 1.34. The predicted molar refractivity (Wildman–Crippen MR) is 115 cm³/mol. The lowest BCUT2D eigenvalue weighted by Gasteiger charge is -2.34. The molecular formula is C24H25N3O5. The fourth-order valence-electron chi connectivity index (χ4n) is 4.79. The number of hydrogen-bond donors (Lipinski definition) is 1. The molecule has 2 aromatic carbocycles. The number of carbonyl (C=O) groups excluding carboxylic acids is 3. The van der Waals surface area contributed by atoms with E-state index in [0.717, 1.165) is 29.7 Å². The van der Waals surface area contributed by atoms with Gasteiger partial charge in [-0.2, -0.15) is 0 Å². The molecule has 5 rings (SSSR count). The molecule has 166 valence electrons. The summed E-state index contributed by atoms with van der Waals surface area (Å²) in [4.78, 5) is 41.8. The highest BCUT2D eigenvalue weighted by molar-refractivity contribution is 6.09. The van der Waals surface area contributed by atoms with Crippen LogP contribution in [0.5, 0.6) is 11.5 Å². The van der Waals surface area contributed by atoms with Gasteiger partial charge >= 0.3 is 6.03 Å². The highest BCUT2D eigenvalue weighted by atomic mass is 16.7. The lowest BCUT2D eigenvalue weighted by Crippen LogP contribution is -2.44. The summed E-state index contributed by atoms with van der Waals surface area (Å²) in [6.07, 6.45) is 2.84. The van der Waals surface area contributed by atoms with Gasteiger partial charge in [0, 0.05) is 7.05 Å². The predicted octanol–water partition coefficient (Wildman–Crippen LogP) is 2.72. The molecule has 0 spiro atoms. The number of nitrogens with zero attached hydrogens (tertiary/aromatic N) is 2. The zero-order valence-electron chi connectivity index (χ0n) is 18.1. The molecule has 8 nitrogen and oxygen atoms in total. The van der Waals surface area contributed by atoms with Crippen LogP contribution in [0, 0.1) is 0 Å². The van der Waals surface area contributed by atoms with Crippen LogP contribution < -0.4 is 14.8 Å². The summed E-state index contributed by atoms with van der Waals surface area (Å²) in [5.74, 6) is 0.379. The van der Waals surface area contributed by atoms with Gasteiger partial charge in [-0.15, -0.1) is 0 Å². The molecule has 0 radical (unpaired) electrons. The van der Waals surface area contributed by atoms with Crippen molar-refractivity contribution in [2.45, 2.75) is 37.8 Å². The van der Waals surface area contributed by atoms with E-state index >= 15 is 0 Å². The van der Waals surface area contributed by atoms with E-state index in [1.54, 1.807) is 37.1 Å². The number of amides is 4. The van der Waals surface area contributed by atoms with Gasteiger partial charge in [-0.25, -0.2) is 4.79 Å². The second-order valence-electron chi connectivity index (χ2n) is 8.63. The molecule has 2 atom stereocenters. The van der Waals surface area contributed by atoms with Crippen molar-refractivity contribution in [2.24, 2.45) is 0 Å². The molecule has 2 aliphatic heterocycles. The normalized spacial score (nSPS) is 23.7. The van der Waals surface area contributed by atoms with Crippen LogP contribution in [0.4, 0.5) is 4.79 Å². The zero-order chi connectivity index (χ0) is 22.5. The summed E-state index contributed by atoms with van der Waals surface area (Å²) in [7, 11) is 1.74. The zero-order valence-corrected chi connectivity index (χ0v) is 18.1. The largest absolute Gasteiger partial charge is 0.454 e. The van der Waals surface area contributed by atoms with E-state index in [1.807, 2.05) is 18.2 Å². The summed E-state index contributed by atoms with van der Waals surface area (Å²) in [6.45, 7) is 1.45. The molecule has 0 aromatic heterocycles. The summed E-state index contributed by atoms with van der Waals surface area (Å²) in [5, 5.41) is 2.75. The molecule has 2 heterocycles. The van der Waals surface area contributed by atoms with Gasteiger partial charge < -0.3 is 19.7 Å². The quantitative estimate of drug-likeness (QED) is 0.746. The summed E-state index contributed by atoms with van der Waals surface area (Å²) in [5.41, 5.74) is 1.67. The van der Waals surface area contributed by atoms with Crippen LogP contribution in [0.3, 0.4) is 0 Å². The molecule has 2 aromatic rings. The van der Waals surface area contributed by atoms with Crippen molar-refractivity contribution in [3.63, 3.8) is 0 Å². The molecule has 2 unspecified atom stereocenters. The number of fused-ring (bicyclic) bond motifs is 2. The highest BCUT2D eigenvalue weighted by Gasteiger charge is 2.50. The topological polar surface area (TPSA) is 88.2 Å². The fourth-order valence-corrected chi connectivity index (χ4v) is 4.79. The van der Waals surface area contributed by atoms with Crippen LogP contribution in [-0.2, 0) is 21.5 Å². The molecule has 1 N–H and O–H groups in total. The molecule has 1 aliphatic carbocycles. The van der Waals surface area contributed by atoms with E-state index in [1.165, 1.54) is 5.56 Å². The number of ether oxygens (including phenoxy) is 2. The van der Waals surface area contributed by atoms with Gasteiger partial charge in [0.1, 0.15) is 12.1 Å². The smallest absolute Gasteiger partial charge is 0.325 e. The number of benzene rings is 2. The first-order valence-corrected chi connectivity index (χ1v) is 10.8. The van der Waals surface area contributed by atoms with Crippen molar-refractivity contribution in [1.82, 2.24) is 15.1 Å². The number of likely N-dealkylation sites (N-methyl/N-ethyl adjacent to an activating group) is 1. The Morgan fingerprint density at radius 2 is 1.97 bits per heavy atom. The third-order valence-corrected chi connectivity index (χ3v) is 6.72. The average molecular weight is 435 g/mol. The molecule has 0 saturated carbocycles. The minimum absolute atomic E-state index is 0.0616. The van der Waals surface area contributed by atoms with E-state index < -0.39 is 17.5 Å². The molecule has 1 fully saturated rings. The lowest BCUT2D eigenvalue weighted by molar-refractivity contribution is -0.139. The van der Waals surface area contributed by atoms with Gasteiger partial charge in [0.25, 0.3) is 5.91 Å². The summed E-state index contributed by atoms with van der Waals surface area (Å²) in [6, 6.07) is 12.6. The number of rotatable bonds is 4. The van der Waals surface area contributed by atoms with Gasteiger partial charge in [-0.3, -0.25) is 14.5 Å². The second kappa shape index (κ2) is 7.55. The van der Waals surface area contributed by atoms with Gasteiger partial charge in [0.2, 0.25) is 12.7 Å². The van der Waals surface area contributed by atoms with Crippen molar-refractivity contribution in [2.75, 3.05) is 20.4 Å². The first-order chi connectivity index (χ1) is 15.4. The number of hydrogen-bond acceptors (Lipinski definition) is 5. The van der Waals surface area contributed by atoms with Crippen LogP contribution in [0.15, 0.2) is 42.5 Å². The van der Waals surface area contributed by atoms with Crippen LogP contribution in [0.1, 0.15) is 42.5 Å². The highest BCUT2D eigenvalue weighted by Crippen LogP contribution is 2.38. The van der Waals surface area contributed by atoms with E-state index in [0.29, 0.717) is 17.1 Å². The Morgan fingerprint density at radius 3 is 2.81 bits per heavy atom. The number of urea groups is 1. The van der Waals surface area contributed by atoms with Gasteiger partial charge in [-0.1, -0.05) is 30.3 Å². The molecule has 8 heteroatoms. The van der Waals surface area contributed by atoms with Gasteiger partial charge in [-0.05, 0) is 55.0 Å². The van der Waals surface area contributed by atoms with Crippen LogP contribution in [0.2, 0.25) is 0 Å². The first-order valence-electron chi connectivity index (χ1n) is 10.8. The molecule has 1 saturated heterocycles. The third kappa shape index (κ3) is 3.18. The van der Waals surface area contributed by atoms with Crippen molar-refractivity contribution in [1.29, 1.82) is 0 Å². The van der Waals surface area contributed by atoms with Crippen molar-refractivity contribution < 1.29 is 23.9 Å². The Hall–Kier alpha value is -3.55. The maximum Gasteiger partial charge on any atom is 0.325 e. The van der Waals surface area contributed by atoms with Crippen molar-refractivity contribution in [3.05, 3.63) is 59.2 Å². The SMILES string of the molecule is CN(C(=O)CN1C(=O)NC(C)(c2ccc3c(c2)OCO3)C1=O)C1CCCc2ccccc21. The number of carbonyl (C=O) groups is 3. The molecular weight excluding hydrogens is 410 g/mol.